The lowest BCUT2D eigenvalue weighted by Crippen LogP contribution is -1.97. The number of carbonyl (C=O) groups excluding carboxylic acids is 1. The molecule has 0 fully saturated rings. The van der Waals surface area contributed by atoms with E-state index < -0.39 is 0 Å². The fourth-order valence-corrected chi connectivity index (χ4v) is 2.96. The number of methoxy groups -OCH3 is 1. The molecular formula is C13H10ClN3O2S. The number of aromatic nitrogens is 3. The number of hydrogen-bond donors (Lipinski definition) is 0. The van der Waals surface area contributed by atoms with Crippen molar-refractivity contribution in [3.63, 3.8) is 0 Å². The molecule has 0 atom stereocenters. The number of fused-ring (bicyclic) bond motifs is 1. The molecular weight excluding hydrogens is 298 g/mol. The van der Waals surface area contributed by atoms with Crippen LogP contribution in [0, 0.1) is 0 Å². The second-order valence-corrected chi connectivity index (χ2v) is 5.73. The minimum Gasteiger partial charge on any atom is -0.465 e. The zero-order valence-electron chi connectivity index (χ0n) is 10.5. The Labute approximate surface area is 123 Å². The molecule has 102 valence electrons. The Hall–Kier alpha value is -1.92. The van der Waals surface area contributed by atoms with Crippen molar-refractivity contribution in [2.75, 3.05) is 7.11 Å². The van der Waals surface area contributed by atoms with Gasteiger partial charge in [-0.3, -0.25) is 0 Å². The quantitative estimate of drug-likeness (QED) is 0.698. The molecule has 7 heteroatoms. The number of rotatable bonds is 3. The van der Waals surface area contributed by atoms with Crippen LogP contribution >= 0.6 is 22.9 Å². The Morgan fingerprint density at radius 2 is 2.30 bits per heavy atom. The number of thiophene rings is 1. The van der Waals surface area contributed by atoms with Gasteiger partial charge in [0.05, 0.1) is 30.5 Å². The van der Waals surface area contributed by atoms with E-state index >= 15 is 0 Å². The van der Waals surface area contributed by atoms with Crippen LogP contribution in [0.2, 0.25) is 5.02 Å². The van der Waals surface area contributed by atoms with Gasteiger partial charge >= 0.3 is 5.97 Å². The van der Waals surface area contributed by atoms with Crippen molar-refractivity contribution >= 4 is 40.1 Å². The Kier molecular flexibility index (Phi) is 3.42. The van der Waals surface area contributed by atoms with Crippen LogP contribution in [0.5, 0.6) is 0 Å². The smallest absolute Gasteiger partial charge is 0.348 e. The van der Waals surface area contributed by atoms with Crippen LogP contribution in [-0.2, 0) is 11.3 Å². The summed E-state index contributed by atoms with van der Waals surface area (Å²) < 4.78 is 6.64. The fourth-order valence-electron chi connectivity index (χ4n) is 1.89. The molecule has 0 aliphatic heterocycles. The van der Waals surface area contributed by atoms with Crippen molar-refractivity contribution < 1.29 is 9.53 Å². The van der Waals surface area contributed by atoms with E-state index in [1.807, 2.05) is 16.7 Å². The topological polar surface area (TPSA) is 57.0 Å². The molecule has 0 unspecified atom stereocenters. The molecule has 0 N–H and O–H groups in total. The second kappa shape index (κ2) is 5.22. The highest BCUT2D eigenvalue weighted by Gasteiger charge is 2.11. The molecule has 3 rings (SSSR count). The van der Waals surface area contributed by atoms with Crippen molar-refractivity contribution in [2.45, 2.75) is 6.54 Å². The number of nitrogens with zero attached hydrogens (tertiary/aromatic N) is 3. The summed E-state index contributed by atoms with van der Waals surface area (Å²) in [6.45, 7) is 0.611. The predicted octanol–water partition coefficient (Wildman–Crippen LogP) is 2.98. The monoisotopic (exact) mass is 307 g/mol. The average Bonchev–Trinajstić information content (AvgIpc) is 3.06. The Bertz CT molecular complexity index is 781. The van der Waals surface area contributed by atoms with Gasteiger partial charge < -0.3 is 9.30 Å². The van der Waals surface area contributed by atoms with E-state index in [1.165, 1.54) is 18.4 Å². The van der Waals surface area contributed by atoms with Crippen LogP contribution < -0.4 is 0 Å². The van der Waals surface area contributed by atoms with E-state index in [0.717, 1.165) is 10.4 Å². The maximum Gasteiger partial charge on any atom is 0.348 e. The largest absolute Gasteiger partial charge is 0.465 e. The summed E-state index contributed by atoms with van der Waals surface area (Å²) in [5, 5.41) is 0.570. The molecule has 5 nitrogen and oxygen atoms in total. The molecule has 0 amide bonds. The van der Waals surface area contributed by atoms with E-state index in [2.05, 4.69) is 9.97 Å². The van der Waals surface area contributed by atoms with Gasteiger partial charge in [0.25, 0.3) is 0 Å². The first-order valence-corrected chi connectivity index (χ1v) is 7.00. The number of carbonyl (C=O) groups is 1. The number of pyridine rings is 1. The number of halogens is 1. The van der Waals surface area contributed by atoms with Crippen molar-refractivity contribution in [2.24, 2.45) is 0 Å². The van der Waals surface area contributed by atoms with Crippen LogP contribution in [0.3, 0.4) is 0 Å². The second-order valence-electron chi connectivity index (χ2n) is 4.13. The number of imidazole rings is 1. The first-order chi connectivity index (χ1) is 9.67. The SMILES string of the molecule is COC(=O)c1ccc(Cn2cnc3ncc(Cl)cc32)s1. The van der Waals surface area contributed by atoms with Gasteiger partial charge in [-0.25, -0.2) is 14.8 Å². The van der Waals surface area contributed by atoms with Gasteiger partial charge in [0.1, 0.15) is 4.88 Å². The summed E-state index contributed by atoms with van der Waals surface area (Å²) in [4.78, 5) is 21.4. The minimum absolute atomic E-state index is 0.318. The molecule has 3 aromatic rings. The van der Waals surface area contributed by atoms with E-state index in [9.17, 15) is 4.79 Å². The van der Waals surface area contributed by atoms with Crippen LogP contribution in [0.4, 0.5) is 0 Å². The first-order valence-electron chi connectivity index (χ1n) is 5.81. The van der Waals surface area contributed by atoms with Crippen LogP contribution in [0.1, 0.15) is 14.5 Å². The van der Waals surface area contributed by atoms with E-state index in [0.29, 0.717) is 22.1 Å². The molecule has 0 aliphatic carbocycles. The maximum atomic E-state index is 11.4. The highest BCUT2D eigenvalue weighted by Crippen LogP contribution is 2.21. The third kappa shape index (κ3) is 2.39. The Morgan fingerprint density at radius 3 is 3.10 bits per heavy atom. The predicted molar refractivity (Wildman–Crippen MR) is 77.3 cm³/mol. The van der Waals surface area contributed by atoms with Gasteiger partial charge in [-0.15, -0.1) is 11.3 Å². The van der Waals surface area contributed by atoms with Gasteiger partial charge in [-0.2, -0.15) is 0 Å². The summed E-state index contributed by atoms with van der Waals surface area (Å²) in [7, 11) is 1.37. The standard InChI is InChI=1S/C13H10ClN3O2S/c1-19-13(18)11-3-2-9(20-11)6-17-7-16-12-10(17)4-8(14)5-15-12/h2-5,7H,6H2,1H3. The average molecular weight is 308 g/mol. The first kappa shape index (κ1) is 13.1. The van der Waals surface area contributed by atoms with Crippen molar-refractivity contribution in [3.05, 3.63) is 45.5 Å². The summed E-state index contributed by atoms with van der Waals surface area (Å²) in [6, 6.07) is 5.49. The molecule has 0 aromatic carbocycles. The van der Waals surface area contributed by atoms with Gasteiger partial charge in [0.15, 0.2) is 5.65 Å². The van der Waals surface area contributed by atoms with Crippen LogP contribution in [-0.4, -0.2) is 27.6 Å². The molecule has 3 heterocycles. The minimum atomic E-state index is -0.318. The molecule has 20 heavy (non-hydrogen) atoms. The van der Waals surface area contributed by atoms with Crippen molar-refractivity contribution in [3.8, 4) is 0 Å². The Morgan fingerprint density at radius 1 is 1.45 bits per heavy atom. The summed E-state index contributed by atoms with van der Waals surface area (Å²) in [5.74, 6) is -0.318. The summed E-state index contributed by atoms with van der Waals surface area (Å²) in [6.07, 6.45) is 3.28. The molecule has 0 saturated heterocycles. The lowest BCUT2D eigenvalue weighted by atomic mass is 10.4. The van der Waals surface area contributed by atoms with Crippen molar-refractivity contribution in [1.29, 1.82) is 0 Å². The maximum absolute atomic E-state index is 11.4. The van der Waals surface area contributed by atoms with Crippen LogP contribution in [0.15, 0.2) is 30.7 Å². The zero-order valence-corrected chi connectivity index (χ0v) is 12.1. The van der Waals surface area contributed by atoms with E-state index in [-0.39, 0.29) is 5.97 Å². The van der Waals surface area contributed by atoms with Crippen LogP contribution in [0.25, 0.3) is 11.2 Å². The van der Waals surface area contributed by atoms with Gasteiger partial charge in [-0.1, -0.05) is 11.6 Å². The third-order valence-electron chi connectivity index (χ3n) is 2.82. The lowest BCUT2D eigenvalue weighted by molar-refractivity contribution is 0.0606. The molecule has 0 spiro atoms. The Balaban J connectivity index is 1.91. The van der Waals surface area contributed by atoms with E-state index in [4.69, 9.17) is 16.3 Å². The normalized spacial score (nSPS) is 10.9. The highest BCUT2D eigenvalue weighted by atomic mass is 35.5. The number of esters is 1. The lowest BCUT2D eigenvalue weighted by Gasteiger charge is -2.01. The molecule has 0 radical (unpaired) electrons. The fraction of sp³-hybridized carbons (Fsp3) is 0.154. The molecule has 0 bridgehead atoms. The van der Waals surface area contributed by atoms with Gasteiger partial charge in [0, 0.05) is 11.1 Å². The highest BCUT2D eigenvalue weighted by molar-refractivity contribution is 7.13. The number of hydrogen-bond acceptors (Lipinski definition) is 5. The third-order valence-corrected chi connectivity index (χ3v) is 4.07. The van der Waals surface area contributed by atoms with E-state index in [1.54, 1.807) is 18.6 Å². The van der Waals surface area contributed by atoms with Crippen molar-refractivity contribution in [1.82, 2.24) is 14.5 Å². The summed E-state index contributed by atoms with van der Waals surface area (Å²) >= 11 is 7.35. The molecule has 0 aliphatic rings. The molecule has 3 aromatic heterocycles. The molecule has 0 saturated carbocycles. The van der Waals surface area contributed by atoms with Gasteiger partial charge in [-0.05, 0) is 18.2 Å². The summed E-state index contributed by atoms with van der Waals surface area (Å²) in [5.41, 5.74) is 1.52. The zero-order chi connectivity index (χ0) is 14.1. The number of ether oxygens (including phenoxy) is 1. The van der Waals surface area contributed by atoms with Gasteiger partial charge in [0.2, 0.25) is 0 Å².